The van der Waals surface area contributed by atoms with Gasteiger partial charge in [0.05, 0.1) is 17.6 Å². The molecule has 0 bridgehead atoms. The third kappa shape index (κ3) is 5.12. The molecule has 0 atom stereocenters. The molecule has 5 rings (SSSR count). The molecule has 1 amide bonds. The van der Waals surface area contributed by atoms with E-state index in [1.54, 1.807) is 11.6 Å². The minimum absolute atomic E-state index is 0.176. The summed E-state index contributed by atoms with van der Waals surface area (Å²) in [6.07, 6.45) is 8.15. The number of aromatic nitrogens is 3. The second-order valence-electron chi connectivity index (χ2n) is 9.84. The standard InChI is InChI=1S/C26H35N5O3/c1-29-23-17-20-16-21(9-10-22(20)27-25(23)28-26(29)33)34-15-5-8-24(32)31-13-11-30(12-14-31)18-19-6-3-2-4-7-19/h9-10,16-17,19H,2-8,11-15,18H2,1H3,(H,27,28,33). The fourth-order valence-electron chi connectivity index (χ4n) is 5.36. The van der Waals surface area contributed by atoms with Crippen LogP contribution in [0.2, 0.25) is 0 Å². The number of carbonyl (C=O) groups excluding carboxylic acids is 1. The zero-order chi connectivity index (χ0) is 23.5. The van der Waals surface area contributed by atoms with Crippen LogP contribution in [-0.4, -0.2) is 69.6 Å². The van der Waals surface area contributed by atoms with Gasteiger partial charge in [0.15, 0.2) is 5.65 Å². The van der Waals surface area contributed by atoms with E-state index >= 15 is 0 Å². The van der Waals surface area contributed by atoms with E-state index in [2.05, 4.69) is 14.9 Å². The van der Waals surface area contributed by atoms with Gasteiger partial charge in [-0.1, -0.05) is 19.3 Å². The van der Waals surface area contributed by atoms with Crippen LogP contribution in [0.3, 0.4) is 0 Å². The number of imidazole rings is 1. The van der Waals surface area contributed by atoms with Gasteiger partial charge >= 0.3 is 5.69 Å². The van der Waals surface area contributed by atoms with Crippen LogP contribution in [-0.2, 0) is 11.8 Å². The van der Waals surface area contributed by atoms with E-state index in [0.29, 0.717) is 25.1 Å². The Morgan fingerprint density at radius 2 is 1.91 bits per heavy atom. The van der Waals surface area contributed by atoms with Crippen molar-refractivity contribution in [3.8, 4) is 5.75 Å². The molecule has 3 aromatic rings. The summed E-state index contributed by atoms with van der Waals surface area (Å²) in [7, 11) is 1.72. The smallest absolute Gasteiger partial charge is 0.327 e. The number of aromatic amines is 1. The summed E-state index contributed by atoms with van der Waals surface area (Å²) in [5.41, 5.74) is 1.98. The number of nitrogens with zero attached hydrogens (tertiary/aromatic N) is 4. The highest BCUT2D eigenvalue weighted by atomic mass is 16.5. The summed E-state index contributed by atoms with van der Waals surface area (Å²) in [6.45, 7) is 5.41. The van der Waals surface area contributed by atoms with E-state index in [-0.39, 0.29) is 11.6 Å². The van der Waals surface area contributed by atoms with Gasteiger partial charge < -0.3 is 9.64 Å². The molecular weight excluding hydrogens is 430 g/mol. The van der Waals surface area contributed by atoms with Gasteiger partial charge in [0, 0.05) is 51.6 Å². The maximum Gasteiger partial charge on any atom is 0.327 e. The number of benzene rings is 1. The average molecular weight is 466 g/mol. The Balaban J connectivity index is 1.07. The molecule has 1 aromatic carbocycles. The van der Waals surface area contributed by atoms with Crippen LogP contribution >= 0.6 is 0 Å². The molecule has 8 nitrogen and oxygen atoms in total. The number of pyridine rings is 1. The zero-order valence-electron chi connectivity index (χ0n) is 20.1. The summed E-state index contributed by atoms with van der Waals surface area (Å²) in [5.74, 6) is 1.84. The van der Waals surface area contributed by atoms with Gasteiger partial charge in [0.25, 0.3) is 0 Å². The summed E-state index contributed by atoms with van der Waals surface area (Å²) in [6, 6.07) is 7.66. The first-order valence-electron chi connectivity index (χ1n) is 12.7. The molecule has 2 fully saturated rings. The van der Waals surface area contributed by atoms with Gasteiger partial charge in [-0.25, -0.2) is 9.78 Å². The highest BCUT2D eigenvalue weighted by molar-refractivity contribution is 5.90. The predicted molar refractivity (Wildman–Crippen MR) is 133 cm³/mol. The van der Waals surface area contributed by atoms with Gasteiger partial charge in [0.2, 0.25) is 5.91 Å². The number of H-pyrrole nitrogens is 1. The SMILES string of the molecule is Cn1c(=O)[nH]c2nc3ccc(OCCCC(=O)N4CCN(CC5CCCCC5)CC4)cc3cc21. The molecule has 0 radical (unpaired) electrons. The number of amides is 1. The Bertz CT molecular complexity index is 1200. The monoisotopic (exact) mass is 465 g/mol. The summed E-state index contributed by atoms with van der Waals surface area (Å²) in [4.78, 5) is 36.3. The van der Waals surface area contributed by atoms with Crippen LogP contribution in [0.4, 0.5) is 0 Å². The van der Waals surface area contributed by atoms with Crippen LogP contribution in [0.5, 0.6) is 5.75 Å². The third-order valence-corrected chi connectivity index (χ3v) is 7.43. The third-order valence-electron chi connectivity index (χ3n) is 7.43. The fraction of sp³-hybridized carbons (Fsp3) is 0.577. The Morgan fingerprint density at radius 1 is 1.12 bits per heavy atom. The molecule has 3 heterocycles. The molecular formula is C26H35N5O3. The number of nitrogens with one attached hydrogen (secondary N) is 1. The maximum absolute atomic E-state index is 12.7. The fourth-order valence-corrected chi connectivity index (χ4v) is 5.36. The second kappa shape index (κ2) is 10.2. The number of piperazine rings is 1. The van der Waals surface area contributed by atoms with Gasteiger partial charge in [-0.05, 0) is 49.4 Å². The molecule has 0 unspecified atom stereocenters. The van der Waals surface area contributed by atoms with E-state index in [1.807, 2.05) is 29.2 Å². The van der Waals surface area contributed by atoms with Crippen LogP contribution < -0.4 is 10.4 Å². The minimum Gasteiger partial charge on any atom is -0.494 e. The van der Waals surface area contributed by atoms with E-state index in [9.17, 15) is 9.59 Å². The highest BCUT2D eigenvalue weighted by Gasteiger charge is 2.23. The van der Waals surface area contributed by atoms with Crippen molar-refractivity contribution in [2.24, 2.45) is 13.0 Å². The molecule has 8 heteroatoms. The molecule has 1 aliphatic heterocycles. The Labute approximate surface area is 199 Å². The number of ether oxygens (including phenoxy) is 1. The minimum atomic E-state index is -0.176. The number of hydrogen-bond donors (Lipinski definition) is 1. The quantitative estimate of drug-likeness (QED) is 0.542. The van der Waals surface area contributed by atoms with Crippen LogP contribution in [0.25, 0.3) is 22.1 Å². The first-order valence-corrected chi connectivity index (χ1v) is 12.7. The number of fused-ring (bicyclic) bond motifs is 2. The number of aryl methyl sites for hydroxylation is 1. The van der Waals surface area contributed by atoms with Gasteiger partial charge in [-0.3, -0.25) is 19.2 Å². The highest BCUT2D eigenvalue weighted by Crippen LogP contribution is 2.25. The second-order valence-corrected chi connectivity index (χ2v) is 9.84. The van der Waals surface area contributed by atoms with E-state index < -0.39 is 0 Å². The van der Waals surface area contributed by atoms with E-state index in [0.717, 1.165) is 54.3 Å². The maximum atomic E-state index is 12.7. The van der Waals surface area contributed by atoms with Crippen molar-refractivity contribution in [2.45, 2.75) is 44.9 Å². The lowest BCUT2D eigenvalue weighted by Crippen LogP contribution is -2.49. The molecule has 2 aromatic heterocycles. The average Bonchev–Trinajstić information content (AvgIpc) is 3.13. The van der Waals surface area contributed by atoms with Gasteiger partial charge in [-0.15, -0.1) is 0 Å². The van der Waals surface area contributed by atoms with Crippen LogP contribution in [0.15, 0.2) is 29.1 Å². The van der Waals surface area contributed by atoms with E-state index in [1.165, 1.54) is 38.6 Å². The Kier molecular flexibility index (Phi) is 6.85. The van der Waals surface area contributed by atoms with Crippen molar-refractivity contribution in [3.05, 3.63) is 34.7 Å². The molecule has 2 aliphatic rings. The predicted octanol–water partition coefficient (Wildman–Crippen LogP) is 3.30. The Hall–Kier alpha value is -2.87. The lowest BCUT2D eigenvalue weighted by atomic mass is 9.89. The topological polar surface area (TPSA) is 83.5 Å². The molecule has 182 valence electrons. The molecule has 0 spiro atoms. The zero-order valence-corrected chi connectivity index (χ0v) is 20.1. The molecule has 1 N–H and O–H groups in total. The summed E-state index contributed by atoms with van der Waals surface area (Å²) >= 11 is 0. The van der Waals surface area contributed by atoms with Gasteiger partial charge in [0.1, 0.15) is 5.75 Å². The molecule has 1 saturated carbocycles. The molecule has 1 saturated heterocycles. The number of carbonyl (C=O) groups is 1. The van der Waals surface area contributed by atoms with Crippen molar-refractivity contribution in [3.63, 3.8) is 0 Å². The molecule has 1 aliphatic carbocycles. The van der Waals surface area contributed by atoms with Crippen molar-refractivity contribution in [1.29, 1.82) is 0 Å². The normalized spacial score (nSPS) is 18.1. The largest absolute Gasteiger partial charge is 0.494 e. The van der Waals surface area contributed by atoms with Crippen LogP contribution in [0, 0.1) is 5.92 Å². The first kappa shape index (κ1) is 22.9. The van der Waals surface area contributed by atoms with Crippen molar-refractivity contribution in [1.82, 2.24) is 24.3 Å². The van der Waals surface area contributed by atoms with Crippen molar-refractivity contribution in [2.75, 3.05) is 39.3 Å². The molecule has 34 heavy (non-hydrogen) atoms. The van der Waals surface area contributed by atoms with Crippen molar-refractivity contribution < 1.29 is 9.53 Å². The number of hydrogen-bond acceptors (Lipinski definition) is 5. The number of rotatable bonds is 7. The summed E-state index contributed by atoms with van der Waals surface area (Å²) in [5, 5.41) is 0.918. The first-order chi connectivity index (χ1) is 16.6. The summed E-state index contributed by atoms with van der Waals surface area (Å²) < 4.78 is 7.47. The lowest BCUT2D eigenvalue weighted by molar-refractivity contribution is -0.133. The Morgan fingerprint density at radius 3 is 2.71 bits per heavy atom. The van der Waals surface area contributed by atoms with E-state index in [4.69, 9.17) is 4.74 Å². The van der Waals surface area contributed by atoms with Crippen molar-refractivity contribution >= 4 is 28.0 Å². The van der Waals surface area contributed by atoms with Crippen LogP contribution in [0.1, 0.15) is 44.9 Å². The van der Waals surface area contributed by atoms with Gasteiger partial charge in [-0.2, -0.15) is 0 Å². The lowest BCUT2D eigenvalue weighted by Gasteiger charge is -2.37.